The quantitative estimate of drug-likeness (QED) is 0.598. The second-order valence-electron chi connectivity index (χ2n) is 7.59. The molecule has 32 heavy (non-hydrogen) atoms. The Morgan fingerprint density at radius 1 is 1.38 bits per heavy atom. The minimum atomic E-state index is -0.902. The van der Waals surface area contributed by atoms with Gasteiger partial charge in [-0.2, -0.15) is 10.2 Å². The summed E-state index contributed by atoms with van der Waals surface area (Å²) >= 11 is 0. The largest absolute Gasteiger partial charge is 0.491 e. The molecule has 0 amide bonds. The molecule has 0 radical (unpaired) electrons. The molecule has 3 aromatic rings. The SMILES string of the molecule is CC(C)Oc1ccc(-c2nc(-c3cccc4c3OCCNC4CC(=O)O)no2)cc1C#N. The number of fused-ring (bicyclic) bond motifs is 1. The van der Waals surface area contributed by atoms with E-state index in [-0.39, 0.29) is 24.5 Å². The standard InChI is InChI=1S/C23H22N4O5/c1-13(2)31-19-7-6-14(10-15(19)12-24)23-26-22(27-32-23)17-5-3-4-16-18(11-20(28)29)25-8-9-30-21(16)17/h3-7,10,13,18,25H,8-9,11H2,1-2H3,(H,28,29). The van der Waals surface area contributed by atoms with Crippen molar-refractivity contribution in [2.24, 2.45) is 0 Å². The van der Waals surface area contributed by atoms with Gasteiger partial charge in [0.2, 0.25) is 5.82 Å². The summed E-state index contributed by atoms with van der Waals surface area (Å²) < 4.78 is 17.0. The van der Waals surface area contributed by atoms with Crippen LogP contribution in [0, 0.1) is 11.3 Å². The number of aliphatic carboxylic acids is 1. The van der Waals surface area contributed by atoms with Crippen molar-refractivity contribution in [2.75, 3.05) is 13.2 Å². The molecule has 9 heteroatoms. The molecule has 0 aliphatic carbocycles. The molecule has 164 valence electrons. The minimum Gasteiger partial charge on any atom is -0.491 e. The van der Waals surface area contributed by atoms with Crippen LogP contribution in [-0.2, 0) is 4.79 Å². The van der Waals surface area contributed by atoms with Crippen LogP contribution >= 0.6 is 0 Å². The first-order valence-corrected chi connectivity index (χ1v) is 10.2. The lowest BCUT2D eigenvalue weighted by Crippen LogP contribution is -2.24. The second-order valence-corrected chi connectivity index (χ2v) is 7.59. The molecule has 1 aromatic heterocycles. The van der Waals surface area contributed by atoms with E-state index in [2.05, 4.69) is 21.5 Å². The number of nitriles is 1. The Morgan fingerprint density at radius 2 is 2.22 bits per heavy atom. The Bertz CT molecular complexity index is 1180. The fraction of sp³-hybridized carbons (Fsp3) is 0.304. The van der Waals surface area contributed by atoms with E-state index in [4.69, 9.17) is 14.0 Å². The predicted octanol–water partition coefficient (Wildman–Crippen LogP) is 3.56. The number of carboxylic acids is 1. The van der Waals surface area contributed by atoms with Crippen molar-refractivity contribution < 1.29 is 23.9 Å². The van der Waals surface area contributed by atoms with Gasteiger partial charge < -0.3 is 24.4 Å². The Balaban J connectivity index is 1.69. The van der Waals surface area contributed by atoms with E-state index in [9.17, 15) is 15.2 Å². The van der Waals surface area contributed by atoms with Gasteiger partial charge >= 0.3 is 5.97 Å². The predicted molar refractivity (Wildman–Crippen MR) is 114 cm³/mol. The molecule has 2 N–H and O–H groups in total. The zero-order chi connectivity index (χ0) is 22.7. The Morgan fingerprint density at radius 3 is 2.97 bits per heavy atom. The van der Waals surface area contributed by atoms with E-state index in [1.165, 1.54) is 0 Å². The topological polar surface area (TPSA) is 130 Å². The van der Waals surface area contributed by atoms with Gasteiger partial charge in [0.05, 0.1) is 23.7 Å². The first kappa shape index (κ1) is 21.3. The molecule has 0 spiro atoms. The highest BCUT2D eigenvalue weighted by molar-refractivity contribution is 5.72. The number of nitrogens with one attached hydrogen (secondary N) is 1. The van der Waals surface area contributed by atoms with Gasteiger partial charge in [0.25, 0.3) is 5.89 Å². The first-order valence-electron chi connectivity index (χ1n) is 10.2. The summed E-state index contributed by atoms with van der Waals surface area (Å²) in [6.07, 6.45) is -0.130. The third-order valence-corrected chi connectivity index (χ3v) is 4.92. The lowest BCUT2D eigenvalue weighted by molar-refractivity contribution is -0.137. The van der Waals surface area contributed by atoms with Crippen molar-refractivity contribution in [2.45, 2.75) is 32.4 Å². The minimum absolute atomic E-state index is 0.0595. The number of nitrogens with zero attached hydrogens (tertiary/aromatic N) is 3. The monoisotopic (exact) mass is 434 g/mol. The number of rotatable bonds is 6. The molecule has 4 rings (SSSR count). The van der Waals surface area contributed by atoms with E-state index >= 15 is 0 Å². The molecule has 1 aliphatic heterocycles. The van der Waals surface area contributed by atoms with Gasteiger partial charge in [0, 0.05) is 23.7 Å². The maximum Gasteiger partial charge on any atom is 0.305 e. The fourth-order valence-electron chi connectivity index (χ4n) is 3.58. The van der Waals surface area contributed by atoms with Crippen molar-refractivity contribution in [3.63, 3.8) is 0 Å². The van der Waals surface area contributed by atoms with Gasteiger partial charge in [-0.1, -0.05) is 17.3 Å². The smallest absolute Gasteiger partial charge is 0.305 e. The maximum atomic E-state index is 11.3. The van der Waals surface area contributed by atoms with Crippen LogP contribution in [-0.4, -0.2) is 40.5 Å². The van der Waals surface area contributed by atoms with Crippen molar-refractivity contribution in [1.82, 2.24) is 15.5 Å². The van der Waals surface area contributed by atoms with Gasteiger partial charge in [-0.25, -0.2) is 0 Å². The normalized spacial score (nSPS) is 15.4. The van der Waals surface area contributed by atoms with Crippen LogP contribution < -0.4 is 14.8 Å². The van der Waals surface area contributed by atoms with Crippen LogP contribution in [0.4, 0.5) is 0 Å². The molecule has 0 fully saturated rings. The van der Waals surface area contributed by atoms with Crippen LogP contribution in [0.15, 0.2) is 40.9 Å². The highest BCUT2D eigenvalue weighted by atomic mass is 16.5. The van der Waals surface area contributed by atoms with Gasteiger partial charge in [0.15, 0.2) is 0 Å². The maximum absolute atomic E-state index is 11.3. The second kappa shape index (κ2) is 9.08. The molecule has 2 aromatic carbocycles. The Kier molecular flexibility index (Phi) is 6.05. The van der Waals surface area contributed by atoms with E-state index in [1.807, 2.05) is 19.9 Å². The van der Waals surface area contributed by atoms with E-state index < -0.39 is 5.97 Å². The van der Waals surface area contributed by atoms with Crippen LogP contribution in [0.25, 0.3) is 22.8 Å². The van der Waals surface area contributed by atoms with Gasteiger partial charge in [-0.05, 0) is 38.1 Å². The zero-order valence-corrected chi connectivity index (χ0v) is 17.7. The third-order valence-electron chi connectivity index (χ3n) is 4.92. The summed E-state index contributed by atoms with van der Waals surface area (Å²) in [7, 11) is 0. The first-order chi connectivity index (χ1) is 15.5. The molecule has 1 unspecified atom stereocenters. The number of ether oxygens (including phenoxy) is 2. The van der Waals surface area contributed by atoms with Crippen molar-refractivity contribution in [3.8, 4) is 40.4 Å². The summed E-state index contributed by atoms with van der Waals surface area (Å²) in [4.78, 5) is 15.8. The molecular weight excluding hydrogens is 412 g/mol. The zero-order valence-electron chi connectivity index (χ0n) is 17.7. The van der Waals surface area contributed by atoms with Crippen LogP contribution in [0.5, 0.6) is 11.5 Å². The Hall–Kier alpha value is -3.90. The Labute approximate surface area is 184 Å². The molecule has 0 bridgehead atoms. The lowest BCUT2D eigenvalue weighted by atomic mass is 9.99. The van der Waals surface area contributed by atoms with Crippen LogP contribution in [0.1, 0.15) is 37.4 Å². The van der Waals surface area contributed by atoms with Gasteiger partial charge in [-0.3, -0.25) is 4.79 Å². The molecule has 0 saturated heterocycles. The van der Waals surface area contributed by atoms with Gasteiger partial charge in [0.1, 0.15) is 24.2 Å². The number of para-hydroxylation sites is 1. The molecule has 9 nitrogen and oxygen atoms in total. The molecular formula is C23H22N4O5. The number of carboxylic acid groups (broad SMARTS) is 1. The third kappa shape index (κ3) is 4.40. The van der Waals surface area contributed by atoms with E-state index in [1.54, 1.807) is 30.3 Å². The van der Waals surface area contributed by atoms with Crippen LogP contribution in [0.2, 0.25) is 0 Å². The summed E-state index contributed by atoms with van der Waals surface area (Å²) in [6, 6.07) is 12.3. The number of aromatic nitrogens is 2. The van der Waals surface area contributed by atoms with Crippen molar-refractivity contribution in [3.05, 3.63) is 47.5 Å². The average Bonchev–Trinajstić information content (AvgIpc) is 3.16. The van der Waals surface area contributed by atoms with Gasteiger partial charge in [-0.15, -0.1) is 0 Å². The van der Waals surface area contributed by atoms with Crippen LogP contribution in [0.3, 0.4) is 0 Å². The van der Waals surface area contributed by atoms with Crippen molar-refractivity contribution in [1.29, 1.82) is 5.26 Å². The summed E-state index contributed by atoms with van der Waals surface area (Å²) in [5, 5.41) is 26.0. The highest BCUT2D eigenvalue weighted by Crippen LogP contribution is 2.38. The van der Waals surface area contributed by atoms with E-state index in [0.29, 0.717) is 47.2 Å². The average molecular weight is 434 g/mol. The summed E-state index contributed by atoms with van der Waals surface area (Å²) in [5.74, 6) is 0.688. The van der Waals surface area contributed by atoms with E-state index in [0.717, 1.165) is 5.56 Å². The number of benzene rings is 2. The highest BCUT2D eigenvalue weighted by Gasteiger charge is 2.26. The number of hydrogen-bond acceptors (Lipinski definition) is 8. The fourth-order valence-corrected chi connectivity index (χ4v) is 3.58. The number of carbonyl (C=O) groups is 1. The summed E-state index contributed by atoms with van der Waals surface area (Å²) in [6.45, 7) is 4.68. The molecule has 1 aliphatic rings. The molecule has 2 heterocycles. The summed E-state index contributed by atoms with van der Waals surface area (Å²) in [5.41, 5.74) is 2.30. The lowest BCUT2D eigenvalue weighted by Gasteiger charge is -2.16. The molecule has 0 saturated carbocycles. The molecule has 1 atom stereocenters. The number of hydrogen-bond donors (Lipinski definition) is 2. The van der Waals surface area contributed by atoms with Crippen molar-refractivity contribution >= 4 is 5.97 Å².